The first kappa shape index (κ1) is 57.8. The van der Waals surface area contributed by atoms with Gasteiger partial charge >= 0.3 is 5.97 Å². The second-order valence-electron chi connectivity index (χ2n) is 21.7. The predicted octanol–water partition coefficient (Wildman–Crippen LogP) is 10.4. The van der Waals surface area contributed by atoms with Crippen LogP contribution in [0, 0.1) is 23.7 Å². The van der Waals surface area contributed by atoms with Crippen molar-refractivity contribution in [2.45, 2.75) is 222 Å². The van der Waals surface area contributed by atoms with E-state index in [9.17, 15) is 14.7 Å². The largest absolute Gasteiger partial charge is 0.456 e. The molecule has 0 aromatic heterocycles. The Morgan fingerprint density at radius 1 is 0.925 bits per heavy atom. The summed E-state index contributed by atoms with van der Waals surface area (Å²) >= 11 is 2.52. The quantitative estimate of drug-likeness (QED) is 0.0497. The second-order valence-corrected chi connectivity index (χ2v) is 29.3. The van der Waals surface area contributed by atoms with Crippen molar-refractivity contribution >= 4 is 54.4 Å². The number of nitrogens with zero attached hydrogens (tertiary/aromatic N) is 1. The molecule has 1 amide bonds. The Labute approximate surface area is 418 Å². The van der Waals surface area contributed by atoms with E-state index in [1.54, 1.807) is 34.3 Å². The molecule has 67 heavy (non-hydrogen) atoms. The number of hydrogen-bond acceptors (Lipinski definition) is 11. The van der Waals surface area contributed by atoms with Gasteiger partial charge in [0.25, 0.3) is 11.7 Å². The van der Waals surface area contributed by atoms with Crippen LogP contribution in [-0.4, -0.2) is 122 Å². The van der Waals surface area contributed by atoms with Crippen LogP contribution in [0.1, 0.15) is 153 Å². The third kappa shape index (κ3) is 13.6. The summed E-state index contributed by atoms with van der Waals surface area (Å²) in [6.07, 6.45) is 9.72. The number of allylic oxidation sites excluding steroid dienone is 4. The lowest BCUT2D eigenvalue weighted by Crippen LogP contribution is -2.64. The monoisotopic (exact) mass is 1070 g/mol. The van der Waals surface area contributed by atoms with Crippen LogP contribution >= 0.6 is 22.6 Å². The molecule has 4 aliphatic rings. The standard InChI is InChI=1S/C53H88INO11Si/c1-16-20-40-26-35(8)25-36(9)27-45(62-14)48-46(63-15)28-38(11)53(60,65-48)49(57)50(58)55-24-18-17-22-42(55)51(59)64-47(37(10)30-52(54)23-19-21-41(31-52)61-13)39(12)44(29-43(40)56)66-67(32(2)3,33(4)5)34(6)7/h16,26,30,32-34,36,38-42,44-48,60H,1,17-25,27-29,31H2,2-15H3. The molecular weight excluding hydrogens is 982 g/mol. The molecule has 13 atom stereocenters. The molecule has 3 heterocycles. The number of piperidine rings is 1. The average molecular weight is 1070 g/mol. The Hall–Kier alpha value is -1.79. The molecule has 13 unspecified atom stereocenters. The number of cyclic esters (lactones) is 1. The Morgan fingerprint density at radius 2 is 1.55 bits per heavy atom. The van der Waals surface area contributed by atoms with Crippen LogP contribution in [0.15, 0.2) is 36.0 Å². The molecule has 14 heteroatoms. The lowest BCUT2D eigenvalue weighted by Gasteiger charge is -2.47. The summed E-state index contributed by atoms with van der Waals surface area (Å²) in [4.78, 5) is 60.5. The highest BCUT2D eigenvalue weighted by Gasteiger charge is 2.57. The van der Waals surface area contributed by atoms with E-state index in [0.717, 1.165) is 36.8 Å². The summed E-state index contributed by atoms with van der Waals surface area (Å²) in [5.41, 5.74) is 2.51. The summed E-state index contributed by atoms with van der Waals surface area (Å²) in [6.45, 7) is 27.4. The molecule has 0 aromatic carbocycles. The first-order chi connectivity index (χ1) is 31.4. The molecule has 1 saturated carbocycles. The van der Waals surface area contributed by atoms with E-state index in [4.69, 9.17) is 28.1 Å². The number of aliphatic hydroxyl groups is 1. The number of alkyl halides is 1. The minimum absolute atomic E-state index is 0.0313. The maximum atomic E-state index is 15.0. The summed E-state index contributed by atoms with van der Waals surface area (Å²) in [7, 11) is 2.22. The highest BCUT2D eigenvalue weighted by Crippen LogP contribution is 2.46. The first-order valence-corrected chi connectivity index (χ1v) is 28.6. The fourth-order valence-electron chi connectivity index (χ4n) is 12.2. The van der Waals surface area contributed by atoms with Crippen molar-refractivity contribution in [2.24, 2.45) is 23.7 Å². The van der Waals surface area contributed by atoms with Gasteiger partial charge < -0.3 is 38.1 Å². The van der Waals surface area contributed by atoms with Crippen molar-refractivity contribution < 1.29 is 52.4 Å². The molecule has 2 saturated heterocycles. The van der Waals surface area contributed by atoms with Crippen LogP contribution in [0.25, 0.3) is 0 Å². The van der Waals surface area contributed by atoms with E-state index in [1.807, 2.05) is 20.8 Å². The number of halogens is 1. The third-order valence-electron chi connectivity index (χ3n) is 15.8. The molecule has 0 radical (unpaired) electrons. The van der Waals surface area contributed by atoms with Gasteiger partial charge in [-0.25, -0.2) is 4.79 Å². The fraction of sp³-hybridized carbons (Fsp3) is 0.811. The van der Waals surface area contributed by atoms with Crippen molar-refractivity contribution in [1.82, 2.24) is 4.90 Å². The smallest absolute Gasteiger partial charge is 0.329 e. The topological polar surface area (TPSA) is 147 Å². The number of ketones is 2. The maximum Gasteiger partial charge on any atom is 0.329 e. The predicted molar refractivity (Wildman–Crippen MR) is 274 cm³/mol. The van der Waals surface area contributed by atoms with E-state index in [-0.39, 0.29) is 63.7 Å². The van der Waals surface area contributed by atoms with Crippen LogP contribution in [0.5, 0.6) is 0 Å². The zero-order chi connectivity index (χ0) is 50.2. The summed E-state index contributed by atoms with van der Waals surface area (Å²) in [5.74, 6) is -6.95. The summed E-state index contributed by atoms with van der Waals surface area (Å²) in [6, 6.07) is -1.10. The lowest BCUT2D eigenvalue weighted by atomic mass is 9.82. The molecule has 0 aromatic rings. The van der Waals surface area contributed by atoms with Gasteiger partial charge in [-0.05, 0) is 113 Å². The van der Waals surface area contributed by atoms with E-state index in [1.165, 1.54) is 4.90 Å². The molecule has 1 N–H and O–H groups in total. The van der Waals surface area contributed by atoms with Gasteiger partial charge in [0.1, 0.15) is 24.0 Å². The number of Topliss-reactive ketones (excluding diaryl/α,β-unsaturated/α-hetero) is 2. The number of fused-ring (bicyclic) bond motifs is 3. The Kier molecular flexibility index (Phi) is 21.6. The molecule has 0 spiro atoms. The van der Waals surface area contributed by atoms with Gasteiger partial charge in [-0.1, -0.05) is 109 Å². The first-order valence-electron chi connectivity index (χ1n) is 25.3. The minimum Gasteiger partial charge on any atom is -0.456 e. The third-order valence-corrected chi connectivity index (χ3v) is 23.2. The van der Waals surface area contributed by atoms with Gasteiger partial charge in [0.15, 0.2) is 0 Å². The van der Waals surface area contributed by atoms with Gasteiger partial charge in [0.05, 0.1) is 24.4 Å². The van der Waals surface area contributed by atoms with Gasteiger partial charge in [0, 0.05) is 55.5 Å². The van der Waals surface area contributed by atoms with Crippen molar-refractivity contribution in [2.75, 3.05) is 27.9 Å². The number of carbonyl (C=O) groups is 4. The van der Waals surface area contributed by atoms with Gasteiger partial charge in [-0.2, -0.15) is 0 Å². The normalized spacial score (nSPS) is 36.4. The van der Waals surface area contributed by atoms with Crippen molar-refractivity contribution in [1.29, 1.82) is 0 Å². The van der Waals surface area contributed by atoms with E-state index < -0.39 is 86.1 Å². The molecule has 4 rings (SSSR count). The number of methoxy groups -OCH3 is 3. The van der Waals surface area contributed by atoms with Crippen molar-refractivity contribution in [3.8, 4) is 0 Å². The summed E-state index contributed by atoms with van der Waals surface area (Å²) < 4.78 is 38.3. The molecule has 3 fully saturated rings. The van der Waals surface area contributed by atoms with Crippen LogP contribution in [-0.2, 0) is 47.3 Å². The number of carbonyl (C=O) groups excluding carboxylic acids is 4. The second kappa shape index (κ2) is 25.0. The average Bonchev–Trinajstić information content (AvgIpc) is 3.27. The van der Waals surface area contributed by atoms with Crippen LogP contribution in [0.4, 0.5) is 0 Å². The SMILES string of the molecule is C=CCC1C=C(C)CC(C)CC(OC)C2OC(O)(C(=O)C(=O)N3CCCCC3C(=O)OC(C(C)=CC3(I)CCCC(OC)C3)C(C)C(O[Si](C(C)C)(C(C)C)C(C)C)CC1=O)C(C)CC2OC. The van der Waals surface area contributed by atoms with E-state index in [2.05, 4.69) is 89.8 Å². The summed E-state index contributed by atoms with van der Waals surface area (Å²) in [5, 5.41) is 12.3. The number of esters is 1. The minimum atomic E-state index is -2.65. The van der Waals surface area contributed by atoms with Crippen LogP contribution in [0.2, 0.25) is 16.6 Å². The Morgan fingerprint density at radius 3 is 2.13 bits per heavy atom. The number of ether oxygens (including phenoxy) is 5. The zero-order valence-corrected chi connectivity index (χ0v) is 46.7. The number of hydrogen-bond donors (Lipinski definition) is 1. The molecular formula is C53H88INO11Si. The lowest BCUT2D eigenvalue weighted by molar-refractivity contribution is -0.302. The van der Waals surface area contributed by atoms with E-state index >= 15 is 9.59 Å². The van der Waals surface area contributed by atoms with Crippen LogP contribution in [0.3, 0.4) is 0 Å². The van der Waals surface area contributed by atoms with E-state index in [0.29, 0.717) is 32.1 Å². The molecule has 12 nitrogen and oxygen atoms in total. The van der Waals surface area contributed by atoms with Crippen LogP contribution < -0.4 is 0 Å². The zero-order valence-electron chi connectivity index (χ0n) is 43.6. The Bertz CT molecular complexity index is 1750. The highest BCUT2D eigenvalue weighted by atomic mass is 127. The number of amides is 1. The van der Waals surface area contributed by atoms with Crippen molar-refractivity contribution in [3.05, 3.63) is 36.0 Å². The van der Waals surface area contributed by atoms with Gasteiger partial charge in [-0.15, -0.1) is 6.58 Å². The molecule has 2 bridgehead atoms. The Balaban J connectivity index is 1.97. The number of rotatable bonds is 12. The highest BCUT2D eigenvalue weighted by molar-refractivity contribution is 14.1. The molecule has 1 aliphatic carbocycles. The van der Waals surface area contributed by atoms with Crippen molar-refractivity contribution in [3.63, 3.8) is 0 Å². The maximum absolute atomic E-state index is 15.0. The van der Waals surface area contributed by atoms with Gasteiger partial charge in [-0.3, -0.25) is 14.4 Å². The molecule has 3 aliphatic heterocycles. The fourth-order valence-corrected chi connectivity index (χ4v) is 19.2. The van der Waals surface area contributed by atoms with Gasteiger partial charge in [0.2, 0.25) is 14.1 Å². The molecule has 382 valence electrons.